The molecule has 0 unspecified atom stereocenters. The van der Waals surface area contributed by atoms with Gasteiger partial charge in [-0.1, -0.05) is 30.8 Å². The zero-order chi connectivity index (χ0) is 24.6. The van der Waals surface area contributed by atoms with Gasteiger partial charge in [0.05, 0.1) is 0 Å². The molecular formula is C22H28F3N5O4. The fraction of sp³-hybridized carbons (Fsp3) is 0.591. The number of nitrogens with one attached hydrogen (secondary N) is 2. The minimum atomic E-state index is -4.46. The number of pyridine rings is 1. The summed E-state index contributed by atoms with van der Waals surface area (Å²) >= 11 is 0. The van der Waals surface area contributed by atoms with E-state index in [1.165, 1.54) is 19.2 Å². The first-order chi connectivity index (χ1) is 16.2. The zero-order valence-corrected chi connectivity index (χ0v) is 18.9. The summed E-state index contributed by atoms with van der Waals surface area (Å²) in [6.45, 7) is 0.127. The van der Waals surface area contributed by atoms with Gasteiger partial charge in [-0.25, -0.2) is 4.98 Å². The largest absolute Gasteiger partial charge is 0.468 e. The van der Waals surface area contributed by atoms with Crippen molar-refractivity contribution >= 4 is 11.8 Å². The third-order valence-electron chi connectivity index (χ3n) is 5.51. The summed E-state index contributed by atoms with van der Waals surface area (Å²) < 4.78 is 46.8. The molecule has 9 nitrogen and oxygen atoms in total. The molecule has 1 aliphatic carbocycles. The highest BCUT2D eigenvalue weighted by Crippen LogP contribution is 2.34. The van der Waals surface area contributed by atoms with Crippen LogP contribution in [-0.4, -0.2) is 39.7 Å². The molecule has 2 amide bonds. The maximum absolute atomic E-state index is 12.3. The molecular weight excluding hydrogens is 455 g/mol. The maximum Gasteiger partial charge on any atom is 0.422 e. The second kappa shape index (κ2) is 11.3. The molecule has 2 aromatic heterocycles. The lowest BCUT2D eigenvalue weighted by Crippen LogP contribution is -2.45. The van der Waals surface area contributed by atoms with Crippen molar-refractivity contribution in [3.05, 3.63) is 35.6 Å². The van der Waals surface area contributed by atoms with Crippen LogP contribution in [-0.2, 0) is 28.1 Å². The summed E-state index contributed by atoms with van der Waals surface area (Å²) in [7, 11) is 0. The molecule has 3 rings (SSSR count). The van der Waals surface area contributed by atoms with Crippen molar-refractivity contribution < 1.29 is 32.0 Å². The average molecular weight is 483 g/mol. The number of halogens is 3. The molecule has 12 heteroatoms. The van der Waals surface area contributed by atoms with E-state index in [1.54, 1.807) is 6.07 Å². The van der Waals surface area contributed by atoms with E-state index in [2.05, 4.69) is 30.5 Å². The van der Waals surface area contributed by atoms with Crippen molar-refractivity contribution in [2.75, 3.05) is 6.61 Å². The van der Waals surface area contributed by atoms with Crippen LogP contribution in [0.2, 0.25) is 0 Å². The highest BCUT2D eigenvalue weighted by Gasteiger charge is 2.38. The molecule has 0 aromatic carbocycles. The Bertz CT molecular complexity index is 971. The molecule has 2 aromatic rings. The topological polar surface area (TPSA) is 119 Å². The van der Waals surface area contributed by atoms with Crippen LogP contribution in [0.1, 0.15) is 69.1 Å². The Morgan fingerprint density at radius 1 is 1.21 bits per heavy atom. The molecule has 186 valence electrons. The molecule has 2 heterocycles. The van der Waals surface area contributed by atoms with E-state index in [1.807, 2.05) is 0 Å². The Labute approximate surface area is 194 Å². The first-order valence-corrected chi connectivity index (χ1v) is 11.2. The Balaban J connectivity index is 1.51. The SMILES string of the molecule is CC(=O)NC1(c2noc(CCC(=O)NCc3ccnc(OCC(F)(F)F)c3)n2)CCCCCC1. The number of aromatic nitrogens is 3. The third kappa shape index (κ3) is 7.70. The maximum atomic E-state index is 12.3. The number of amides is 2. The second-order valence-corrected chi connectivity index (χ2v) is 8.37. The summed E-state index contributed by atoms with van der Waals surface area (Å²) in [4.78, 5) is 32.2. The number of hydrogen-bond acceptors (Lipinski definition) is 7. The fourth-order valence-corrected chi connectivity index (χ4v) is 3.93. The summed E-state index contributed by atoms with van der Waals surface area (Å²) in [5.41, 5.74) is -0.106. The van der Waals surface area contributed by atoms with Crippen LogP contribution in [0.15, 0.2) is 22.9 Å². The van der Waals surface area contributed by atoms with Crippen molar-refractivity contribution in [1.29, 1.82) is 0 Å². The van der Waals surface area contributed by atoms with E-state index in [0.717, 1.165) is 38.5 Å². The van der Waals surface area contributed by atoms with Gasteiger partial charge in [-0.15, -0.1) is 0 Å². The molecule has 0 bridgehead atoms. The van der Waals surface area contributed by atoms with E-state index in [-0.39, 0.29) is 37.1 Å². The quantitative estimate of drug-likeness (QED) is 0.525. The van der Waals surface area contributed by atoms with Crippen LogP contribution in [0.5, 0.6) is 5.88 Å². The Hall–Kier alpha value is -3.18. The molecule has 0 aliphatic heterocycles. The summed E-state index contributed by atoms with van der Waals surface area (Å²) in [5.74, 6) is 0.110. The van der Waals surface area contributed by atoms with Crippen LogP contribution < -0.4 is 15.4 Å². The predicted molar refractivity (Wildman–Crippen MR) is 113 cm³/mol. The summed E-state index contributed by atoms with van der Waals surface area (Å²) in [5, 5.41) is 9.79. The van der Waals surface area contributed by atoms with E-state index in [9.17, 15) is 22.8 Å². The number of carbonyl (C=O) groups is 2. The van der Waals surface area contributed by atoms with Crippen molar-refractivity contribution in [1.82, 2.24) is 25.8 Å². The number of hydrogen-bond donors (Lipinski definition) is 2. The molecule has 1 saturated carbocycles. The number of ether oxygens (including phenoxy) is 1. The lowest BCUT2D eigenvalue weighted by atomic mass is 9.89. The van der Waals surface area contributed by atoms with Crippen LogP contribution in [0.4, 0.5) is 13.2 Å². The molecule has 2 N–H and O–H groups in total. The number of nitrogens with zero attached hydrogens (tertiary/aromatic N) is 3. The first kappa shape index (κ1) is 25.4. The van der Waals surface area contributed by atoms with Crippen LogP contribution in [0.3, 0.4) is 0 Å². The van der Waals surface area contributed by atoms with E-state index >= 15 is 0 Å². The Morgan fingerprint density at radius 3 is 2.62 bits per heavy atom. The van der Waals surface area contributed by atoms with Gasteiger partial charge in [-0.3, -0.25) is 9.59 Å². The highest BCUT2D eigenvalue weighted by molar-refractivity contribution is 5.76. The summed E-state index contributed by atoms with van der Waals surface area (Å²) in [6, 6.07) is 2.91. The van der Waals surface area contributed by atoms with Crippen molar-refractivity contribution in [3.8, 4) is 5.88 Å². The number of rotatable bonds is 9. The molecule has 1 aliphatic rings. The van der Waals surface area contributed by atoms with Gasteiger partial charge >= 0.3 is 6.18 Å². The average Bonchev–Trinajstić information content (AvgIpc) is 3.14. The molecule has 0 saturated heterocycles. The number of carbonyl (C=O) groups excluding carboxylic acids is 2. The van der Waals surface area contributed by atoms with Crippen molar-refractivity contribution in [2.45, 2.75) is 76.6 Å². The molecule has 0 spiro atoms. The van der Waals surface area contributed by atoms with Gasteiger partial charge in [0.15, 0.2) is 12.4 Å². The molecule has 1 fully saturated rings. The Kier molecular flexibility index (Phi) is 8.46. The highest BCUT2D eigenvalue weighted by atomic mass is 19.4. The second-order valence-electron chi connectivity index (χ2n) is 8.37. The fourth-order valence-electron chi connectivity index (χ4n) is 3.93. The van der Waals surface area contributed by atoms with Crippen LogP contribution in [0.25, 0.3) is 0 Å². The lowest BCUT2D eigenvalue weighted by Gasteiger charge is -2.30. The van der Waals surface area contributed by atoms with E-state index in [4.69, 9.17) is 4.52 Å². The molecule has 34 heavy (non-hydrogen) atoms. The van der Waals surface area contributed by atoms with E-state index in [0.29, 0.717) is 17.3 Å². The third-order valence-corrected chi connectivity index (χ3v) is 5.51. The van der Waals surface area contributed by atoms with Gasteiger partial charge < -0.3 is 19.9 Å². The van der Waals surface area contributed by atoms with Gasteiger partial charge in [0.2, 0.25) is 23.6 Å². The Morgan fingerprint density at radius 2 is 1.94 bits per heavy atom. The number of aryl methyl sites for hydroxylation is 1. The lowest BCUT2D eigenvalue weighted by molar-refractivity contribution is -0.154. The molecule has 0 atom stereocenters. The normalized spacial score (nSPS) is 15.9. The predicted octanol–water partition coefficient (Wildman–Crippen LogP) is 3.34. The van der Waals surface area contributed by atoms with Crippen molar-refractivity contribution in [2.24, 2.45) is 0 Å². The standard InChI is InChI=1S/C22H28F3N5O4/c1-15(31)29-21(9-4-2-3-5-10-21)20-28-18(34-30-20)7-6-17(32)27-13-16-8-11-26-19(12-16)33-14-22(23,24)25/h8,11-12H,2-7,9-10,13-14H2,1H3,(H,27,32)(H,29,31). The van der Waals surface area contributed by atoms with Crippen LogP contribution >= 0.6 is 0 Å². The smallest absolute Gasteiger partial charge is 0.422 e. The van der Waals surface area contributed by atoms with E-state index < -0.39 is 18.3 Å². The first-order valence-electron chi connectivity index (χ1n) is 11.2. The minimum Gasteiger partial charge on any atom is -0.468 e. The van der Waals surface area contributed by atoms with Crippen LogP contribution in [0, 0.1) is 0 Å². The van der Waals surface area contributed by atoms with Gasteiger partial charge in [-0.05, 0) is 24.5 Å². The monoisotopic (exact) mass is 483 g/mol. The van der Waals surface area contributed by atoms with Gasteiger partial charge in [-0.2, -0.15) is 18.2 Å². The van der Waals surface area contributed by atoms with Gasteiger partial charge in [0.25, 0.3) is 0 Å². The zero-order valence-electron chi connectivity index (χ0n) is 18.9. The van der Waals surface area contributed by atoms with Gasteiger partial charge in [0, 0.05) is 38.6 Å². The van der Waals surface area contributed by atoms with Crippen molar-refractivity contribution in [3.63, 3.8) is 0 Å². The van der Waals surface area contributed by atoms with Gasteiger partial charge in [0.1, 0.15) is 5.54 Å². The molecule has 0 radical (unpaired) electrons. The number of alkyl halides is 3. The summed E-state index contributed by atoms with van der Waals surface area (Å²) in [6.07, 6.45) is 2.67. The minimum absolute atomic E-state index is 0.0806.